The van der Waals surface area contributed by atoms with Crippen LogP contribution in [0, 0.1) is 17.8 Å². The molecular weight excluding hydrogens is 242 g/mol. The molecule has 1 fully saturated rings. The van der Waals surface area contributed by atoms with E-state index in [1.807, 2.05) is 12.2 Å². The van der Waals surface area contributed by atoms with Crippen LogP contribution in [0.1, 0.15) is 45.4 Å². The number of hydrogen-bond acceptors (Lipinski definition) is 2. The highest BCUT2D eigenvalue weighted by molar-refractivity contribution is 5.85. The van der Waals surface area contributed by atoms with Crippen molar-refractivity contribution in [2.75, 3.05) is 0 Å². The molecule has 0 radical (unpaired) electrons. The molecule has 0 aromatic rings. The SMILES string of the molecule is CC1CCC(NC(=O)C2CC=CCC2C(=O)O)CC1. The van der Waals surface area contributed by atoms with E-state index in [9.17, 15) is 14.7 Å². The van der Waals surface area contributed by atoms with Gasteiger partial charge in [0, 0.05) is 6.04 Å². The Labute approximate surface area is 114 Å². The van der Waals surface area contributed by atoms with Crippen molar-refractivity contribution in [2.24, 2.45) is 17.8 Å². The van der Waals surface area contributed by atoms with Crippen molar-refractivity contribution in [1.29, 1.82) is 0 Å². The molecule has 106 valence electrons. The number of allylic oxidation sites excluding steroid dienone is 2. The van der Waals surface area contributed by atoms with Gasteiger partial charge in [0.1, 0.15) is 0 Å². The Balaban J connectivity index is 1.91. The third-order valence-corrected chi connectivity index (χ3v) is 4.45. The van der Waals surface area contributed by atoms with Crippen LogP contribution in [0.3, 0.4) is 0 Å². The van der Waals surface area contributed by atoms with Crippen molar-refractivity contribution < 1.29 is 14.7 Å². The van der Waals surface area contributed by atoms with Crippen LogP contribution in [-0.4, -0.2) is 23.0 Å². The molecule has 2 rings (SSSR count). The Bertz CT molecular complexity index is 370. The minimum Gasteiger partial charge on any atom is -0.481 e. The predicted octanol–water partition coefficient (Wildman–Crippen LogP) is 2.35. The molecule has 2 N–H and O–H groups in total. The molecule has 4 heteroatoms. The minimum atomic E-state index is -0.859. The molecule has 0 aromatic carbocycles. The Morgan fingerprint density at radius 3 is 2.21 bits per heavy atom. The number of rotatable bonds is 3. The molecule has 2 aliphatic rings. The zero-order chi connectivity index (χ0) is 13.8. The maximum atomic E-state index is 12.3. The second-order valence-corrected chi connectivity index (χ2v) is 5.96. The number of carboxylic acids is 1. The van der Waals surface area contributed by atoms with Gasteiger partial charge in [-0.25, -0.2) is 0 Å². The monoisotopic (exact) mass is 265 g/mol. The normalized spacial score (nSPS) is 34.8. The van der Waals surface area contributed by atoms with E-state index < -0.39 is 17.8 Å². The highest BCUT2D eigenvalue weighted by atomic mass is 16.4. The summed E-state index contributed by atoms with van der Waals surface area (Å²) in [5, 5.41) is 12.2. The van der Waals surface area contributed by atoms with Crippen LogP contribution in [0.25, 0.3) is 0 Å². The first-order chi connectivity index (χ1) is 9.08. The molecule has 0 bridgehead atoms. The summed E-state index contributed by atoms with van der Waals surface area (Å²) in [4.78, 5) is 23.4. The highest BCUT2D eigenvalue weighted by Gasteiger charge is 2.35. The zero-order valence-corrected chi connectivity index (χ0v) is 11.5. The van der Waals surface area contributed by atoms with Crippen LogP contribution in [0.5, 0.6) is 0 Å². The maximum Gasteiger partial charge on any atom is 0.307 e. The van der Waals surface area contributed by atoms with E-state index in [-0.39, 0.29) is 11.9 Å². The largest absolute Gasteiger partial charge is 0.481 e. The van der Waals surface area contributed by atoms with Gasteiger partial charge in [0.25, 0.3) is 0 Å². The number of carbonyl (C=O) groups is 2. The smallest absolute Gasteiger partial charge is 0.307 e. The number of hydrogen-bond donors (Lipinski definition) is 2. The fourth-order valence-electron chi connectivity index (χ4n) is 3.09. The molecule has 1 saturated carbocycles. The Kier molecular flexibility index (Phi) is 4.61. The van der Waals surface area contributed by atoms with E-state index >= 15 is 0 Å². The molecule has 2 aliphatic carbocycles. The average molecular weight is 265 g/mol. The molecule has 0 spiro atoms. The molecule has 19 heavy (non-hydrogen) atoms. The van der Waals surface area contributed by atoms with Gasteiger partial charge in [0.05, 0.1) is 11.8 Å². The van der Waals surface area contributed by atoms with Gasteiger partial charge in [-0.15, -0.1) is 0 Å². The predicted molar refractivity (Wildman–Crippen MR) is 72.6 cm³/mol. The number of carboxylic acid groups (broad SMARTS) is 1. The number of amides is 1. The summed E-state index contributed by atoms with van der Waals surface area (Å²) in [7, 11) is 0. The van der Waals surface area contributed by atoms with Crippen molar-refractivity contribution in [3.8, 4) is 0 Å². The zero-order valence-electron chi connectivity index (χ0n) is 11.5. The lowest BCUT2D eigenvalue weighted by Crippen LogP contribution is -2.44. The second-order valence-electron chi connectivity index (χ2n) is 5.96. The molecule has 1 amide bonds. The Morgan fingerprint density at radius 1 is 1.05 bits per heavy atom. The third-order valence-electron chi connectivity index (χ3n) is 4.45. The van der Waals surface area contributed by atoms with E-state index in [1.165, 1.54) is 0 Å². The first-order valence-corrected chi connectivity index (χ1v) is 7.26. The van der Waals surface area contributed by atoms with Crippen molar-refractivity contribution in [3.63, 3.8) is 0 Å². The standard InChI is InChI=1S/C15H23NO3/c1-10-6-8-11(9-7-10)16-14(17)12-4-2-3-5-13(12)15(18)19/h2-3,10-13H,4-9H2,1H3,(H,16,17)(H,18,19). The van der Waals surface area contributed by atoms with Crippen LogP contribution in [0.4, 0.5) is 0 Å². The quantitative estimate of drug-likeness (QED) is 0.770. The number of aliphatic carboxylic acids is 1. The molecule has 0 heterocycles. The van der Waals surface area contributed by atoms with Gasteiger partial charge < -0.3 is 10.4 Å². The van der Waals surface area contributed by atoms with Gasteiger partial charge in [-0.05, 0) is 44.4 Å². The minimum absolute atomic E-state index is 0.0729. The van der Waals surface area contributed by atoms with Crippen molar-refractivity contribution in [2.45, 2.75) is 51.5 Å². The molecule has 4 nitrogen and oxygen atoms in total. The lowest BCUT2D eigenvalue weighted by molar-refractivity contribution is -0.147. The summed E-state index contributed by atoms with van der Waals surface area (Å²) in [5.41, 5.74) is 0. The van der Waals surface area contributed by atoms with Gasteiger partial charge in [0.2, 0.25) is 5.91 Å². The van der Waals surface area contributed by atoms with Crippen molar-refractivity contribution in [3.05, 3.63) is 12.2 Å². The van der Waals surface area contributed by atoms with E-state index in [4.69, 9.17) is 0 Å². The van der Waals surface area contributed by atoms with E-state index in [2.05, 4.69) is 12.2 Å². The van der Waals surface area contributed by atoms with E-state index in [0.29, 0.717) is 12.8 Å². The number of nitrogens with one attached hydrogen (secondary N) is 1. The molecular formula is C15H23NO3. The molecule has 2 unspecified atom stereocenters. The van der Waals surface area contributed by atoms with Crippen LogP contribution >= 0.6 is 0 Å². The summed E-state index contributed by atoms with van der Waals surface area (Å²) in [6.07, 6.45) is 9.15. The van der Waals surface area contributed by atoms with Crippen LogP contribution in [0.2, 0.25) is 0 Å². The Hall–Kier alpha value is -1.32. The van der Waals surface area contributed by atoms with Gasteiger partial charge in [-0.3, -0.25) is 9.59 Å². The molecule has 0 saturated heterocycles. The molecule has 2 atom stereocenters. The van der Waals surface area contributed by atoms with Crippen molar-refractivity contribution in [1.82, 2.24) is 5.32 Å². The first kappa shape index (κ1) is 14.1. The summed E-state index contributed by atoms with van der Waals surface area (Å²) in [6, 6.07) is 0.240. The van der Waals surface area contributed by atoms with Gasteiger partial charge in [-0.1, -0.05) is 19.1 Å². The summed E-state index contributed by atoms with van der Waals surface area (Å²) in [6.45, 7) is 2.24. The van der Waals surface area contributed by atoms with E-state index in [0.717, 1.165) is 31.6 Å². The highest BCUT2D eigenvalue weighted by Crippen LogP contribution is 2.28. The van der Waals surface area contributed by atoms with Gasteiger partial charge in [0.15, 0.2) is 0 Å². The van der Waals surface area contributed by atoms with Crippen LogP contribution < -0.4 is 5.32 Å². The summed E-state index contributed by atoms with van der Waals surface area (Å²) < 4.78 is 0. The lowest BCUT2D eigenvalue weighted by atomic mass is 9.81. The third kappa shape index (κ3) is 3.58. The second kappa shape index (κ2) is 6.22. The van der Waals surface area contributed by atoms with E-state index in [1.54, 1.807) is 0 Å². The Morgan fingerprint density at radius 2 is 1.63 bits per heavy atom. The van der Waals surface area contributed by atoms with Gasteiger partial charge >= 0.3 is 5.97 Å². The van der Waals surface area contributed by atoms with Crippen LogP contribution in [-0.2, 0) is 9.59 Å². The lowest BCUT2D eigenvalue weighted by Gasteiger charge is -2.30. The van der Waals surface area contributed by atoms with Crippen LogP contribution in [0.15, 0.2) is 12.2 Å². The number of carbonyl (C=O) groups excluding carboxylic acids is 1. The van der Waals surface area contributed by atoms with Crippen molar-refractivity contribution >= 4 is 11.9 Å². The topological polar surface area (TPSA) is 66.4 Å². The maximum absolute atomic E-state index is 12.3. The summed E-state index contributed by atoms with van der Waals surface area (Å²) >= 11 is 0. The average Bonchev–Trinajstić information content (AvgIpc) is 2.41. The fourth-order valence-corrected chi connectivity index (χ4v) is 3.09. The molecule has 0 aromatic heterocycles. The summed E-state index contributed by atoms with van der Waals surface area (Å²) in [5.74, 6) is -1.15. The molecule has 0 aliphatic heterocycles. The van der Waals surface area contributed by atoms with Gasteiger partial charge in [-0.2, -0.15) is 0 Å². The fraction of sp³-hybridized carbons (Fsp3) is 0.733. The first-order valence-electron chi connectivity index (χ1n) is 7.26.